The Morgan fingerprint density at radius 3 is 1.86 bits per heavy atom. The fourth-order valence-corrected chi connectivity index (χ4v) is 3.46. The molecule has 3 nitrogen and oxygen atoms in total. The number of benzene rings is 2. The van der Waals surface area contributed by atoms with Crippen molar-refractivity contribution in [1.29, 1.82) is 0 Å². The Labute approximate surface area is 148 Å². The number of hydrogen-bond acceptors (Lipinski definition) is 3. The first kappa shape index (κ1) is 17.7. The molecule has 0 aromatic heterocycles. The SMILES string of the molecule is CC(C)(COS(=O)(=O)c1ccc(Br)cc1)c1ccc(Br)cc1. The van der Waals surface area contributed by atoms with Crippen molar-refractivity contribution in [3.8, 4) is 0 Å². The molecule has 0 spiro atoms. The summed E-state index contributed by atoms with van der Waals surface area (Å²) in [6, 6.07) is 14.2. The molecule has 0 aliphatic rings. The lowest BCUT2D eigenvalue weighted by Crippen LogP contribution is -2.26. The van der Waals surface area contributed by atoms with Gasteiger partial charge in [0.15, 0.2) is 0 Å². The van der Waals surface area contributed by atoms with E-state index in [4.69, 9.17) is 4.18 Å². The molecule has 118 valence electrons. The zero-order valence-corrected chi connectivity index (χ0v) is 16.2. The smallest absolute Gasteiger partial charge is 0.265 e. The largest absolute Gasteiger partial charge is 0.297 e. The van der Waals surface area contributed by atoms with Crippen LogP contribution in [-0.4, -0.2) is 15.0 Å². The monoisotopic (exact) mass is 446 g/mol. The van der Waals surface area contributed by atoms with Gasteiger partial charge in [-0.1, -0.05) is 57.8 Å². The van der Waals surface area contributed by atoms with E-state index in [0.717, 1.165) is 14.5 Å². The molecule has 0 saturated carbocycles. The van der Waals surface area contributed by atoms with Crippen LogP contribution in [-0.2, 0) is 19.7 Å². The average molecular weight is 448 g/mol. The van der Waals surface area contributed by atoms with Crippen molar-refractivity contribution in [3.05, 3.63) is 63.0 Å². The molecule has 0 radical (unpaired) electrons. The van der Waals surface area contributed by atoms with E-state index in [1.807, 2.05) is 38.1 Å². The van der Waals surface area contributed by atoms with Crippen LogP contribution >= 0.6 is 31.9 Å². The molecule has 0 aliphatic heterocycles. The Morgan fingerprint density at radius 2 is 1.36 bits per heavy atom. The van der Waals surface area contributed by atoms with Crippen LogP contribution in [0.3, 0.4) is 0 Å². The Balaban J connectivity index is 2.13. The summed E-state index contributed by atoms with van der Waals surface area (Å²) in [5.41, 5.74) is 0.602. The van der Waals surface area contributed by atoms with Gasteiger partial charge in [-0.25, -0.2) is 0 Å². The van der Waals surface area contributed by atoms with Crippen molar-refractivity contribution >= 4 is 42.0 Å². The molecule has 0 N–H and O–H groups in total. The predicted molar refractivity (Wildman–Crippen MR) is 94.4 cm³/mol. The van der Waals surface area contributed by atoms with E-state index in [2.05, 4.69) is 31.9 Å². The van der Waals surface area contributed by atoms with Crippen LogP contribution in [0.25, 0.3) is 0 Å². The van der Waals surface area contributed by atoms with Crippen molar-refractivity contribution < 1.29 is 12.6 Å². The predicted octanol–water partition coefficient (Wildman–Crippen LogP) is 4.89. The molecule has 0 aliphatic carbocycles. The van der Waals surface area contributed by atoms with Crippen molar-refractivity contribution in [3.63, 3.8) is 0 Å². The van der Waals surface area contributed by atoms with Crippen molar-refractivity contribution in [2.75, 3.05) is 6.61 Å². The third-order valence-electron chi connectivity index (χ3n) is 3.30. The molecule has 2 rings (SSSR count). The van der Waals surface area contributed by atoms with Crippen LogP contribution in [0.15, 0.2) is 62.4 Å². The highest BCUT2D eigenvalue weighted by Gasteiger charge is 2.25. The lowest BCUT2D eigenvalue weighted by molar-refractivity contribution is 0.246. The summed E-state index contributed by atoms with van der Waals surface area (Å²) in [6.45, 7) is 3.98. The summed E-state index contributed by atoms with van der Waals surface area (Å²) in [7, 11) is -3.76. The zero-order valence-electron chi connectivity index (χ0n) is 12.2. The summed E-state index contributed by atoms with van der Waals surface area (Å²) in [4.78, 5) is 0.155. The van der Waals surface area contributed by atoms with Crippen LogP contribution in [0, 0.1) is 0 Å². The van der Waals surface area contributed by atoms with Gasteiger partial charge < -0.3 is 0 Å². The second kappa shape index (κ2) is 6.83. The summed E-state index contributed by atoms with van der Waals surface area (Å²) in [5.74, 6) is 0. The van der Waals surface area contributed by atoms with Crippen LogP contribution < -0.4 is 0 Å². The van der Waals surface area contributed by atoms with E-state index in [1.165, 1.54) is 12.1 Å². The Kier molecular flexibility index (Phi) is 5.48. The van der Waals surface area contributed by atoms with E-state index >= 15 is 0 Å². The molecule has 2 aromatic rings. The summed E-state index contributed by atoms with van der Waals surface area (Å²) >= 11 is 6.67. The molecule has 0 bridgehead atoms. The van der Waals surface area contributed by atoms with Crippen molar-refractivity contribution in [2.45, 2.75) is 24.2 Å². The average Bonchev–Trinajstić information content (AvgIpc) is 2.46. The lowest BCUT2D eigenvalue weighted by atomic mass is 9.86. The number of rotatable bonds is 5. The van der Waals surface area contributed by atoms with Crippen LogP contribution in [0.2, 0.25) is 0 Å². The van der Waals surface area contributed by atoms with E-state index in [9.17, 15) is 8.42 Å². The molecule has 22 heavy (non-hydrogen) atoms. The molecule has 0 amide bonds. The highest BCUT2D eigenvalue weighted by Crippen LogP contribution is 2.27. The molecule has 0 unspecified atom stereocenters. The second-order valence-corrected chi connectivity index (χ2v) is 9.01. The summed E-state index contributed by atoms with van der Waals surface area (Å²) < 4.78 is 31.5. The maximum Gasteiger partial charge on any atom is 0.297 e. The number of hydrogen-bond donors (Lipinski definition) is 0. The van der Waals surface area contributed by atoms with Gasteiger partial charge in [0, 0.05) is 14.4 Å². The third kappa shape index (κ3) is 4.41. The minimum atomic E-state index is -3.76. The Hall–Kier alpha value is -0.690. The van der Waals surface area contributed by atoms with Gasteiger partial charge in [0.1, 0.15) is 0 Å². The van der Waals surface area contributed by atoms with Gasteiger partial charge in [-0.3, -0.25) is 4.18 Å². The standard InChI is InChI=1S/C16H16Br2O3S/c1-16(2,12-3-5-13(17)6-4-12)11-21-22(19,20)15-9-7-14(18)8-10-15/h3-10H,11H2,1-2H3. The van der Waals surface area contributed by atoms with Gasteiger partial charge in [-0.2, -0.15) is 8.42 Å². The van der Waals surface area contributed by atoms with E-state index in [-0.39, 0.29) is 11.5 Å². The Bertz CT molecular complexity index is 736. The normalized spacial score (nSPS) is 12.4. The van der Waals surface area contributed by atoms with Gasteiger partial charge >= 0.3 is 0 Å². The van der Waals surface area contributed by atoms with E-state index in [1.54, 1.807) is 12.1 Å². The van der Waals surface area contributed by atoms with Gasteiger partial charge in [0.25, 0.3) is 10.1 Å². The first-order chi connectivity index (χ1) is 10.2. The first-order valence-electron chi connectivity index (χ1n) is 6.62. The molecular weight excluding hydrogens is 432 g/mol. The van der Waals surface area contributed by atoms with Gasteiger partial charge in [0.2, 0.25) is 0 Å². The van der Waals surface area contributed by atoms with Gasteiger partial charge in [0.05, 0.1) is 11.5 Å². The molecule has 2 aromatic carbocycles. The maximum atomic E-state index is 12.2. The lowest BCUT2D eigenvalue weighted by Gasteiger charge is -2.24. The quantitative estimate of drug-likeness (QED) is 0.612. The molecule has 0 saturated heterocycles. The van der Waals surface area contributed by atoms with Crippen LogP contribution in [0.4, 0.5) is 0 Å². The fourth-order valence-electron chi connectivity index (χ4n) is 1.88. The maximum absolute atomic E-state index is 12.2. The first-order valence-corrected chi connectivity index (χ1v) is 9.61. The molecule has 6 heteroatoms. The molecule has 0 atom stereocenters. The Morgan fingerprint density at radius 1 is 0.909 bits per heavy atom. The van der Waals surface area contributed by atoms with E-state index in [0.29, 0.717) is 0 Å². The highest BCUT2D eigenvalue weighted by molar-refractivity contribution is 9.10. The number of halogens is 2. The second-order valence-electron chi connectivity index (χ2n) is 5.56. The summed E-state index contributed by atoms with van der Waals surface area (Å²) in [6.07, 6.45) is 0. The van der Waals surface area contributed by atoms with E-state index < -0.39 is 15.5 Å². The molecular formula is C16H16Br2O3S. The molecule has 0 fully saturated rings. The van der Waals surface area contributed by atoms with Gasteiger partial charge in [-0.15, -0.1) is 0 Å². The van der Waals surface area contributed by atoms with Crippen molar-refractivity contribution in [1.82, 2.24) is 0 Å². The van der Waals surface area contributed by atoms with Crippen LogP contribution in [0.5, 0.6) is 0 Å². The third-order valence-corrected chi connectivity index (χ3v) is 5.64. The highest BCUT2D eigenvalue weighted by atomic mass is 79.9. The molecule has 0 heterocycles. The van der Waals surface area contributed by atoms with Crippen molar-refractivity contribution in [2.24, 2.45) is 0 Å². The van der Waals surface area contributed by atoms with Crippen LogP contribution in [0.1, 0.15) is 19.4 Å². The topological polar surface area (TPSA) is 43.4 Å². The fraction of sp³-hybridized carbons (Fsp3) is 0.250. The van der Waals surface area contributed by atoms with Gasteiger partial charge in [-0.05, 0) is 42.0 Å². The zero-order chi connectivity index (χ0) is 16.4. The minimum Gasteiger partial charge on any atom is -0.265 e. The summed E-state index contributed by atoms with van der Waals surface area (Å²) in [5, 5.41) is 0. The minimum absolute atomic E-state index is 0.0764.